The first-order chi connectivity index (χ1) is 38.3. The Morgan fingerprint density at radius 3 is 2.24 bits per heavy atom. The van der Waals surface area contributed by atoms with Crippen LogP contribution in [0.25, 0.3) is 21.7 Å². The van der Waals surface area contributed by atoms with Crippen molar-refractivity contribution in [2.45, 2.75) is 90.1 Å². The van der Waals surface area contributed by atoms with Crippen LogP contribution < -0.4 is 30.3 Å². The maximum Gasteiger partial charge on any atom is 0.254 e. The molecule has 8 heterocycles. The molecule has 420 valence electrons. The fourth-order valence-corrected chi connectivity index (χ4v) is 12.3. The van der Waals surface area contributed by atoms with Crippen molar-refractivity contribution in [1.82, 2.24) is 45.3 Å². The Morgan fingerprint density at radius 1 is 0.861 bits per heavy atom. The molecule has 10 rings (SSSR count). The highest BCUT2D eigenvalue weighted by Gasteiger charge is 2.44. The van der Waals surface area contributed by atoms with Crippen molar-refractivity contribution in [2.24, 2.45) is 11.8 Å². The van der Waals surface area contributed by atoms with Gasteiger partial charge in [0.2, 0.25) is 17.7 Å². The fraction of sp³-hybridized carbons (Fsp3) is 0.500. The summed E-state index contributed by atoms with van der Waals surface area (Å²) in [5, 5.41) is 37.3. The summed E-state index contributed by atoms with van der Waals surface area (Å²) in [6.45, 7) is 18.3. The molecule has 4 aliphatic rings. The maximum absolute atomic E-state index is 14.5. The number of aromatic nitrogens is 5. The molecule has 2 aromatic carbocycles. The molecule has 20 nitrogen and oxygen atoms in total. The molecule has 2 bridgehead atoms. The molecule has 6 atom stereocenters. The number of piperazine rings is 2. The van der Waals surface area contributed by atoms with E-state index in [2.05, 4.69) is 76.2 Å². The van der Waals surface area contributed by atoms with Crippen LogP contribution >= 0.6 is 11.3 Å². The monoisotopic (exact) mass is 1100 g/mol. The highest BCUT2D eigenvalue weighted by atomic mass is 32.1. The minimum atomic E-state index is -0.890. The van der Waals surface area contributed by atoms with Gasteiger partial charge >= 0.3 is 0 Å². The van der Waals surface area contributed by atoms with Crippen molar-refractivity contribution in [1.29, 1.82) is 0 Å². The number of aliphatic hydroxyl groups is 1. The fourth-order valence-electron chi connectivity index (χ4n) is 11.5. The summed E-state index contributed by atoms with van der Waals surface area (Å²) in [6.07, 6.45) is 3.20. The van der Waals surface area contributed by atoms with Crippen LogP contribution in [0, 0.1) is 18.8 Å². The zero-order chi connectivity index (χ0) is 55.2. The molecule has 5 N–H and O–H groups in total. The number of aliphatic hydroxyl groups excluding tert-OH is 1. The van der Waals surface area contributed by atoms with Gasteiger partial charge in [0, 0.05) is 114 Å². The van der Waals surface area contributed by atoms with Crippen LogP contribution in [-0.2, 0) is 14.3 Å². The molecule has 4 saturated heterocycles. The van der Waals surface area contributed by atoms with Gasteiger partial charge in [-0.2, -0.15) is 0 Å². The lowest BCUT2D eigenvalue weighted by Gasteiger charge is -2.43. The van der Waals surface area contributed by atoms with Gasteiger partial charge in [0.1, 0.15) is 30.9 Å². The third-order valence-corrected chi connectivity index (χ3v) is 16.6. The van der Waals surface area contributed by atoms with Crippen LogP contribution in [0.5, 0.6) is 17.5 Å². The first kappa shape index (κ1) is 55.4. The highest BCUT2D eigenvalue weighted by molar-refractivity contribution is 7.13. The van der Waals surface area contributed by atoms with Crippen LogP contribution in [0.3, 0.4) is 0 Å². The van der Waals surface area contributed by atoms with Gasteiger partial charge in [-0.25, -0.2) is 9.97 Å². The van der Waals surface area contributed by atoms with E-state index < -0.39 is 24.1 Å². The van der Waals surface area contributed by atoms with Crippen LogP contribution in [0.1, 0.15) is 75.9 Å². The van der Waals surface area contributed by atoms with Gasteiger partial charge in [-0.05, 0) is 72.2 Å². The third kappa shape index (κ3) is 13.1. The Labute approximate surface area is 465 Å². The predicted octanol–water partition coefficient (Wildman–Crippen LogP) is 6.41. The van der Waals surface area contributed by atoms with Crippen molar-refractivity contribution in [3.8, 4) is 39.2 Å². The molecule has 4 aliphatic heterocycles. The predicted molar refractivity (Wildman–Crippen MR) is 302 cm³/mol. The van der Waals surface area contributed by atoms with Gasteiger partial charge in [-0.15, -0.1) is 21.5 Å². The van der Waals surface area contributed by atoms with Gasteiger partial charge in [0.15, 0.2) is 11.6 Å². The topological polar surface area (TPSA) is 234 Å². The summed E-state index contributed by atoms with van der Waals surface area (Å²) in [7, 11) is 0. The van der Waals surface area contributed by atoms with Gasteiger partial charge in [0.25, 0.3) is 5.88 Å². The number of para-hydroxylation sites is 1. The molecule has 0 saturated carbocycles. The second-order valence-electron chi connectivity index (χ2n) is 22.0. The number of nitrogens with two attached hydrogens (primary N) is 1. The van der Waals surface area contributed by atoms with Crippen LogP contribution in [0.4, 0.5) is 17.2 Å². The van der Waals surface area contributed by atoms with Crippen molar-refractivity contribution >= 4 is 40.3 Å². The lowest BCUT2D eigenvalue weighted by atomic mass is 9.91. The Morgan fingerprint density at radius 2 is 1.57 bits per heavy atom. The Hall–Kier alpha value is -6.91. The number of aromatic hydroxyl groups is 1. The summed E-state index contributed by atoms with van der Waals surface area (Å²) in [5.41, 5.74) is 14.2. The van der Waals surface area contributed by atoms with E-state index in [4.69, 9.17) is 24.5 Å². The number of hydrogen-bond acceptors (Lipinski definition) is 19. The summed E-state index contributed by atoms with van der Waals surface area (Å²) < 4.78 is 24.2. The molecular weight excluding hydrogens is 1020 g/mol. The van der Waals surface area contributed by atoms with Crippen molar-refractivity contribution in [3.05, 3.63) is 102 Å². The molecule has 4 aromatic heterocycles. The number of nitrogens with zero attached hydrogens (tertiary/aromatic N) is 10. The first-order valence-electron chi connectivity index (χ1n) is 27.7. The van der Waals surface area contributed by atoms with Crippen molar-refractivity contribution in [3.63, 3.8) is 0 Å². The lowest BCUT2D eigenvalue weighted by molar-refractivity contribution is -0.141. The molecule has 0 aliphatic carbocycles. The Bertz CT molecular complexity index is 2990. The smallest absolute Gasteiger partial charge is 0.254 e. The number of rotatable bonds is 22. The number of nitrogens with one attached hydrogen (secondary N) is 1. The Kier molecular flexibility index (Phi) is 17.6. The van der Waals surface area contributed by atoms with E-state index in [0.717, 1.165) is 91.7 Å². The average Bonchev–Trinajstić information content (AvgIpc) is 4.40. The van der Waals surface area contributed by atoms with E-state index in [9.17, 15) is 19.8 Å². The number of benzene rings is 2. The number of amides is 2. The number of anilines is 3. The van der Waals surface area contributed by atoms with Gasteiger partial charge in [0.05, 0.1) is 46.2 Å². The molecule has 4 fully saturated rings. The maximum atomic E-state index is 14.5. The molecule has 79 heavy (non-hydrogen) atoms. The van der Waals surface area contributed by atoms with Crippen LogP contribution in [-0.4, -0.2) is 172 Å². The number of nitrogen functional groups attached to an aromatic ring is 1. The van der Waals surface area contributed by atoms with Gasteiger partial charge in [-0.3, -0.25) is 19.4 Å². The van der Waals surface area contributed by atoms with Crippen LogP contribution in [0.15, 0.2) is 89.0 Å². The van der Waals surface area contributed by atoms with Gasteiger partial charge in [-0.1, -0.05) is 64.1 Å². The molecule has 21 heteroatoms. The van der Waals surface area contributed by atoms with E-state index >= 15 is 0 Å². The number of ether oxygens (including phenoxy) is 3. The number of carbonyl (C=O) groups is 2. The largest absolute Gasteiger partial charge is 0.507 e. The van der Waals surface area contributed by atoms with E-state index in [0.29, 0.717) is 66.9 Å². The quantitative estimate of drug-likeness (QED) is 0.0575. The van der Waals surface area contributed by atoms with E-state index in [-0.39, 0.29) is 55.1 Å². The number of β-amino-alcohol motifs (C(OH)–C–C–N with tert-alkyl or cyclic N) is 1. The zero-order valence-electron chi connectivity index (χ0n) is 45.8. The summed E-state index contributed by atoms with van der Waals surface area (Å²) in [5.74, 6) is 0.467. The number of phenols is 1. The molecule has 2 unspecified atom stereocenters. The number of phenolic OH excluding ortho intramolecular Hbond substituents is 1. The summed E-state index contributed by atoms with van der Waals surface area (Å²) in [4.78, 5) is 49.7. The third-order valence-electron chi connectivity index (χ3n) is 15.6. The number of carbonyl (C=O) groups excluding carboxylic acids is 2. The molecule has 2 amide bonds. The summed E-state index contributed by atoms with van der Waals surface area (Å²) in [6, 6.07) is 22.1. The second kappa shape index (κ2) is 25.0. The Balaban J connectivity index is 0.669. The van der Waals surface area contributed by atoms with E-state index in [1.165, 1.54) is 4.90 Å². The van der Waals surface area contributed by atoms with Crippen LogP contribution in [0.2, 0.25) is 0 Å². The number of likely N-dealkylation sites (tertiary alicyclic amines) is 1. The molecule has 0 spiro atoms. The average molecular weight is 1100 g/mol. The normalized spacial score (nSPS) is 20.5. The lowest BCUT2D eigenvalue weighted by Crippen LogP contribution is -2.54. The highest BCUT2D eigenvalue weighted by Crippen LogP contribution is 2.40. The van der Waals surface area contributed by atoms with E-state index in [1.54, 1.807) is 29.5 Å². The number of fused-ring (bicyclic) bond motifs is 2. The molecule has 6 aromatic rings. The molecular formula is C58H74N12O8S. The number of hydrogen-bond donors (Lipinski definition) is 4. The zero-order valence-corrected chi connectivity index (χ0v) is 46.6. The van der Waals surface area contributed by atoms with Crippen molar-refractivity contribution < 1.29 is 38.5 Å². The number of thiazole rings is 1. The van der Waals surface area contributed by atoms with E-state index in [1.807, 2.05) is 74.9 Å². The second-order valence-corrected chi connectivity index (χ2v) is 22.9. The number of pyridine rings is 1. The van der Waals surface area contributed by atoms with Gasteiger partial charge < -0.3 is 54.7 Å². The first-order valence-corrected chi connectivity index (χ1v) is 28.6. The minimum Gasteiger partial charge on any atom is -0.507 e. The number of aryl methyl sites for hydroxylation is 1. The summed E-state index contributed by atoms with van der Waals surface area (Å²) >= 11 is 1.58. The standard InChI is InChI=1S/C58H74N12O8S/c1-36(2)33-75-34-47(39-10-12-40(13-11-39)55-38(5)61-35-79-55)62-57(73)49-27-44(71)32-69(49)58(74)54(37(3)4)51-29-53(65-78-51)77-25-23-67-20-18-66(19-21-67)22-24-76-52-26-41(16-17-60-52)70-42-14-15-43(70)31-68(30-42)48-28-46(63-64-56(48)59)45-8-6-7-9-50(45)72/h6-13,16-17,26,28-29,35-37,42-44,47,49,54,71-72H,14-15,18-25,27,30-34H2,1-5H3,(H2,59,64)(H,62,73)/t42?,43?,44-,47+,49+,54-/m1/s1. The minimum absolute atomic E-state index is 0.0242. The van der Waals surface area contributed by atoms with Crippen molar-refractivity contribution in [2.75, 3.05) is 101 Å². The SMILES string of the molecule is Cc1ncsc1-c1ccc([C@H](COCC(C)C)NC(=O)[C@@H]2C[C@@H](O)CN2C(=O)[C@@H](c2cc(OCCN3CCN(CCOc4cc(N5C6CCC5CN(c5cc(-c7ccccc7O)nnc5N)C6)ccn4)CC3)no2)C(C)C)cc1. The molecule has 0 radical (unpaired) electrons.